The van der Waals surface area contributed by atoms with Gasteiger partial charge in [-0.15, -0.1) is 0 Å². The Hall–Kier alpha value is -2.87. The normalized spacial score (nSPS) is 11.0. The minimum atomic E-state index is 0.945. The lowest BCUT2D eigenvalue weighted by atomic mass is 10.1. The first-order chi connectivity index (χ1) is 10.8. The fourth-order valence-corrected chi connectivity index (χ4v) is 2.89. The van der Waals surface area contributed by atoms with Crippen LogP contribution < -0.4 is 0 Å². The molecule has 0 amide bonds. The van der Waals surface area contributed by atoms with E-state index in [0.29, 0.717) is 0 Å². The van der Waals surface area contributed by atoms with Crippen molar-refractivity contribution in [3.63, 3.8) is 0 Å². The van der Waals surface area contributed by atoms with Gasteiger partial charge in [-0.05, 0) is 42.8 Å². The minimum absolute atomic E-state index is 0.945. The average molecular weight is 284 g/mol. The molecule has 2 aromatic heterocycles. The van der Waals surface area contributed by atoms with E-state index in [-0.39, 0.29) is 0 Å². The van der Waals surface area contributed by atoms with Gasteiger partial charge >= 0.3 is 0 Å². The maximum Gasteiger partial charge on any atom is 0.137 e. The number of aromatic nitrogens is 2. The third-order valence-corrected chi connectivity index (χ3v) is 3.90. The van der Waals surface area contributed by atoms with Crippen molar-refractivity contribution < 1.29 is 0 Å². The third-order valence-electron chi connectivity index (χ3n) is 3.90. The van der Waals surface area contributed by atoms with Crippen LogP contribution in [0.1, 0.15) is 5.56 Å². The number of aryl methyl sites for hydroxylation is 1. The Kier molecular flexibility index (Phi) is 3.01. The number of benzene rings is 2. The van der Waals surface area contributed by atoms with E-state index in [9.17, 15) is 0 Å². The number of fused-ring (bicyclic) bond motifs is 1. The first kappa shape index (κ1) is 12.8. The Labute approximate surface area is 129 Å². The lowest BCUT2D eigenvalue weighted by Gasteiger charge is -2.10. The summed E-state index contributed by atoms with van der Waals surface area (Å²) in [6, 6.07) is 25.3. The van der Waals surface area contributed by atoms with E-state index in [1.165, 1.54) is 27.7 Å². The predicted molar refractivity (Wildman–Crippen MR) is 91.2 cm³/mol. The molecular formula is C20H16N2. The van der Waals surface area contributed by atoms with Gasteiger partial charge in [0.05, 0.1) is 11.2 Å². The summed E-state index contributed by atoms with van der Waals surface area (Å²) in [4.78, 5) is 4.54. The Bertz CT molecular complexity index is 922. The summed E-state index contributed by atoms with van der Waals surface area (Å²) in [6.45, 7) is 2.12. The van der Waals surface area contributed by atoms with Gasteiger partial charge in [0.1, 0.15) is 5.82 Å². The number of pyridine rings is 1. The Morgan fingerprint density at radius 2 is 1.64 bits per heavy atom. The van der Waals surface area contributed by atoms with Crippen LogP contribution in [0.2, 0.25) is 0 Å². The van der Waals surface area contributed by atoms with E-state index < -0.39 is 0 Å². The van der Waals surface area contributed by atoms with Crippen LogP contribution in [-0.4, -0.2) is 9.55 Å². The van der Waals surface area contributed by atoms with Gasteiger partial charge in [-0.25, -0.2) is 4.98 Å². The molecule has 0 N–H and O–H groups in total. The molecule has 0 radical (unpaired) electrons. The summed E-state index contributed by atoms with van der Waals surface area (Å²) in [5.41, 5.74) is 4.82. The minimum Gasteiger partial charge on any atom is -0.294 e. The maximum absolute atomic E-state index is 4.54. The Morgan fingerprint density at radius 3 is 2.41 bits per heavy atom. The fraction of sp³-hybridized carbons (Fsp3) is 0.0500. The number of hydrogen-bond donors (Lipinski definition) is 0. The van der Waals surface area contributed by atoms with Crippen LogP contribution in [0, 0.1) is 6.92 Å². The zero-order valence-electron chi connectivity index (χ0n) is 12.4. The van der Waals surface area contributed by atoms with Crippen LogP contribution in [0.3, 0.4) is 0 Å². The number of nitrogens with zero attached hydrogens (tertiary/aromatic N) is 2. The first-order valence-electron chi connectivity index (χ1n) is 7.42. The topological polar surface area (TPSA) is 17.8 Å². The summed E-state index contributed by atoms with van der Waals surface area (Å²) in [5, 5.41) is 1.24. The summed E-state index contributed by atoms with van der Waals surface area (Å²) >= 11 is 0. The lowest BCUT2D eigenvalue weighted by Crippen LogP contribution is -1.98. The quantitative estimate of drug-likeness (QED) is 0.506. The second kappa shape index (κ2) is 5.15. The second-order valence-electron chi connectivity index (χ2n) is 5.48. The highest BCUT2D eigenvalue weighted by molar-refractivity contribution is 5.89. The molecule has 0 unspecified atom stereocenters. The molecule has 0 saturated carbocycles. The molecule has 2 aromatic carbocycles. The van der Waals surface area contributed by atoms with Crippen LogP contribution >= 0.6 is 0 Å². The van der Waals surface area contributed by atoms with E-state index in [1.54, 1.807) is 0 Å². The van der Waals surface area contributed by atoms with Gasteiger partial charge in [0, 0.05) is 11.6 Å². The van der Waals surface area contributed by atoms with Crippen LogP contribution in [-0.2, 0) is 0 Å². The van der Waals surface area contributed by atoms with Crippen LogP contribution in [0.4, 0.5) is 0 Å². The van der Waals surface area contributed by atoms with E-state index in [0.717, 1.165) is 5.82 Å². The zero-order chi connectivity index (χ0) is 14.9. The molecule has 106 valence electrons. The summed E-state index contributed by atoms with van der Waals surface area (Å²) < 4.78 is 2.23. The second-order valence-corrected chi connectivity index (χ2v) is 5.48. The monoisotopic (exact) mass is 284 g/mol. The Balaban J connectivity index is 2.07. The number of rotatable bonds is 2. The van der Waals surface area contributed by atoms with Crippen molar-refractivity contribution in [3.8, 4) is 17.1 Å². The third kappa shape index (κ3) is 2.09. The van der Waals surface area contributed by atoms with E-state index in [4.69, 9.17) is 0 Å². The predicted octanol–water partition coefficient (Wildman–Crippen LogP) is 5.00. The zero-order valence-corrected chi connectivity index (χ0v) is 12.4. The fourth-order valence-electron chi connectivity index (χ4n) is 2.89. The molecular weight excluding hydrogens is 268 g/mol. The van der Waals surface area contributed by atoms with Crippen molar-refractivity contribution in [2.75, 3.05) is 0 Å². The maximum atomic E-state index is 4.54. The molecule has 0 aliphatic heterocycles. The van der Waals surface area contributed by atoms with Gasteiger partial charge in [0.2, 0.25) is 0 Å². The van der Waals surface area contributed by atoms with Gasteiger partial charge in [-0.3, -0.25) is 4.57 Å². The molecule has 2 heteroatoms. The molecule has 0 fully saturated rings. The van der Waals surface area contributed by atoms with Gasteiger partial charge in [0.25, 0.3) is 0 Å². The Morgan fingerprint density at radius 1 is 0.818 bits per heavy atom. The van der Waals surface area contributed by atoms with Crippen molar-refractivity contribution in [2.45, 2.75) is 6.92 Å². The molecule has 0 aliphatic carbocycles. The van der Waals surface area contributed by atoms with Crippen LogP contribution in [0.15, 0.2) is 79.0 Å². The molecule has 4 aromatic rings. The summed E-state index contributed by atoms with van der Waals surface area (Å²) in [7, 11) is 0. The first-order valence-corrected chi connectivity index (χ1v) is 7.42. The average Bonchev–Trinajstić information content (AvgIpc) is 2.95. The summed E-state index contributed by atoms with van der Waals surface area (Å²) in [5.74, 6) is 0.945. The molecule has 0 atom stereocenters. The van der Waals surface area contributed by atoms with Crippen molar-refractivity contribution >= 4 is 10.9 Å². The van der Waals surface area contributed by atoms with Crippen molar-refractivity contribution in [3.05, 3.63) is 84.6 Å². The largest absolute Gasteiger partial charge is 0.294 e. The number of hydrogen-bond acceptors (Lipinski definition) is 1. The van der Waals surface area contributed by atoms with Gasteiger partial charge < -0.3 is 0 Å². The van der Waals surface area contributed by atoms with E-state index >= 15 is 0 Å². The van der Waals surface area contributed by atoms with E-state index in [2.05, 4.69) is 65.0 Å². The molecule has 22 heavy (non-hydrogen) atoms. The molecule has 0 aliphatic rings. The van der Waals surface area contributed by atoms with Gasteiger partial charge in [0.15, 0.2) is 0 Å². The van der Waals surface area contributed by atoms with Gasteiger partial charge in [-0.2, -0.15) is 0 Å². The van der Waals surface area contributed by atoms with Gasteiger partial charge in [-0.1, -0.05) is 48.0 Å². The SMILES string of the molecule is Cc1ccc2c(c1)cc(-c1ccccc1)n2-c1ccccn1. The smallest absolute Gasteiger partial charge is 0.137 e. The molecule has 4 rings (SSSR count). The standard InChI is InChI=1S/C20H16N2/c1-15-10-11-18-17(13-15)14-19(16-7-3-2-4-8-16)22(18)20-9-5-6-12-21-20/h2-14H,1H3. The van der Waals surface area contributed by atoms with Crippen LogP contribution in [0.5, 0.6) is 0 Å². The lowest BCUT2D eigenvalue weighted by molar-refractivity contribution is 1.05. The highest BCUT2D eigenvalue weighted by Gasteiger charge is 2.12. The van der Waals surface area contributed by atoms with Crippen molar-refractivity contribution in [1.82, 2.24) is 9.55 Å². The van der Waals surface area contributed by atoms with Crippen molar-refractivity contribution in [2.24, 2.45) is 0 Å². The van der Waals surface area contributed by atoms with Crippen LogP contribution in [0.25, 0.3) is 28.0 Å². The summed E-state index contributed by atoms with van der Waals surface area (Å²) in [6.07, 6.45) is 1.84. The molecule has 2 heterocycles. The highest BCUT2D eigenvalue weighted by Crippen LogP contribution is 2.31. The molecule has 2 nitrogen and oxygen atoms in total. The van der Waals surface area contributed by atoms with E-state index in [1.807, 2.05) is 30.5 Å². The molecule has 0 bridgehead atoms. The highest BCUT2D eigenvalue weighted by atomic mass is 15.1. The molecule has 0 saturated heterocycles. The molecule has 0 spiro atoms. The van der Waals surface area contributed by atoms with Crippen molar-refractivity contribution in [1.29, 1.82) is 0 Å².